The molecule has 0 aliphatic heterocycles. The summed E-state index contributed by atoms with van der Waals surface area (Å²) in [6.07, 6.45) is 3.33. The van der Waals surface area contributed by atoms with E-state index in [4.69, 9.17) is 0 Å². The zero-order valence-corrected chi connectivity index (χ0v) is 11.5. The van der Waals surface area contributed by atoms with Gasteiger partial charge in [-0.15, -0.1) is 0 Å². The highest BCUT2D eigenvalue weighted by Crippen LogP contribution is 2.23. The molecule has 0 bridgehead atoms. The van der Waals surface area contributed by atoms with E-state index in [1.54, 1.807) is 0 Å². The molecule has 0 radical (unpaired) electrons. The minimum Gasteiger partial charge on any atom is -0.317 e. The maximum Gasteiger partial charge on any atom is 0.0528 e. The van der Waals surface area contributed by atoms with Gasteiger partial charge < -0.3 is 4.57 Å². The Morgan fingerprint density at radius 1 is 0.947 bits per heavy atom. The molecule has 3 rings (SSSR count). The summed E-state index contributed by atoms with van der Waals surface area (Å²) < 4.78 is 2.25. The van der Waals surface area contributed by atoms with Crippen molar-refractivity contribution in [3.63, 3.8) is 0 Å². The van der Waals surface area contributed by atoms with E-state index in [1.807, 2.05) is 0 Å². The van der Waals surface area contributed by atoms with Crippen molar-refractivity contribution in [3.8, 4) is 5.69 Å². The molecule has 19 heavy (non-hydrogen) atoms. The monoisotopic (exact) mass is 249 g/mol. The van der Waals surface area contributed by atoms with Crippen molar-refractivity contribution >= 4 is 10.9 Å². The zero-order chi connectivity index (χ0) is 13.2. The molecule has 0 saturated heterocycles. The van der Waals surface area contributed by atoms with Crippen LogP contribution in [0.5, 0.6) is 0 Å². The molecule has 0 amide bonds. The Balaban J connectivity index is 2.02. The summed E-state index contributed by atoms with van der Waals surface area (Å²) in [6, 6.07) is 19.6. The van der Waals surface area contributed by atoms with Gasteiger partial charge in [0.15, 0.2) is 0 Å². The molecule has 1 nitrogen and oxygen atoms in total. The lowest BCUT2D eigenvalue weighted by Gasteiger charge is -2.11. The van der Waals surface area contributed by atoms with Gasteiger partial charge in [-0.3, -0.25) is 0 Å². The maximum absolute atomic E-state index is 2.28. The van der Waals surface area contributed by atoms with Crippen molar-refractivity contribution in [2.24, 2.45) is 0 Å². The largest absolute Gasteiger partial charge is 0.317 e. The van der Waals surface area contributed by atoms with E-state index in [0.29, 0.717) is 5.92 Å². The standard InChI is InChI=1S/C18H19N/c1-3-14(2)15-8-10-17(11-9-15)19-13-12-16-6-4-5-7-18(16)19/h4-14H,3H2,1-2H3. The summed E-state index contributed by atoms with van der Waals surface area (Å²) >= 11 is 0. The van der Waals surface area contributed by atoms with Gasteiger partial charge in [0.1, 0.15) is 0 Å². The number of nitrogens with zero attached hydrogens (tertiary/aromatic N) is 1. The minimum atomic E-state index is 0.635. The summed E-state index contributed by atoms with van der Waals surface area (Å²) in [7, 11) is 0. The van der Waals surface area contributed by atoms with Gasteiger partial charge in [-0.05, 0) is 47.6 Å². The SMILES string of the molecule is CCC(C)c1ccc(-n2ccc3ccccc32)cc1. The molecule has 0 aliphatic rings. The van der Waals surface area contributed by atoms with Crippen molar-refractivity contribution in [3.05, 3.63) is 66.4 Å². The average Bonchev–Trinajstić information content (AvgIpc) is 2.90. The van der Waals surface area contributed by atoms with Crippen LogP contribution >= 0.6 is 0 Å². The molecule has 0 aliphatic carbocycles. The highest BCUT2D eigenvalue weighted by Gasteiger charge is 2.05. The average molecular weight is 249 g/mol. The number of rotatable bonds is 3. The lowest BCUT2D eigenvalue weighted by Crippen LogP contribution is -1.94. The van der Waals surface area contributed by atoms with Crippen LogP contribution in [-0.2, 0) is 0 Å². The Morgan fingerprint density at radius 3 is 2.42 bits per heavy atom. The van der Waals surface area contributed by atoms with Crippen LogP contribution in [-0.4, -0.2) is 4.57 Å². The molecule has 2 aromatic carbocycles. The summed E-state index contributed by atoms with van der Waals surface area (Å²) in [4.78, 5) is 0. The smallest absolute Gasteiger partial charge is 0.0528 e. The Hall–Kier alpha value is -2.02. The van der Waals surface area contributed by atoms with E-state index in [1.165, 1.54) is 28.6 Å². The first kappa shape index (κ1) is 12.0. The predicted octanol–water partition coefficient (Wildman–Crippen LogP) is 5.14. The summed E-state index contributed by atoms with van der Waals surface area (Å²) in [5, 5.41) is 1.29. The molecule has 96 valence electrons. The normalized spacial score (nSPS) is 12.7. The molecule has 3 aromatic rings. The van der Waals surface area contributed by atoms with E-state index in [2.05, 4.69) is 79.2 Å². The van der Waals surface area contributed by atoms with E-state index < -0.39 is 0 Å². The Morgan fingerprint density at radius 2 is 1.68 bits per heavy atom. The number of para-hydroxylation sites is 1. The first-order valence-electron chi connectivity index (χ1n) is 6.96. The van der Waals surface area contributed by atoms with Crippen molar-refractivity contribution < 1.29 is 0 Å². The van der Waals surface area contributed by atoms with Gasteiger partial charge in [0.25, 0.3) is 0 Å². The molecule has 0 N–H and O–H groups in total. The van der Waals surface area contributed by atoms with Crippen molar-refractivity contribution in [1.29, 1.82) is 0 Å². The number of hydrogen-bond acceptors (Lipinski definition) is 0. The second-order valence-electron chi connectivity index (χ2n) is 5.15. The van der Waals surface area contributed by atoms with Crippen LogP contribution in [0.4, 0.5) is 0 Å². The second kappa shape index (κ2) is 4.93. The molecule has 1 atom stereocenters. The van der Waals surface area contributed by atoms with Crippen molar-refractivity contribution in [2.45, 2.75) is 26.2 Å². The maximum atomic E-state index is 2.28. The van der Waals surface area contributed by atoms with Crippen LogP contribution < -0.4 is 0 Å². The first-order valence-corrected chi connectivity index (χ1v) is 6.96. The van der Waals surface area contributed by atoms with E-state index >= 15 is 0 Å². The molecule has 1 heteroatoms. The van der Waals surface area contributed by atoms with Gasteiger partial charge in [0, 0.05) is 11.9 Å². The highest BCUT2D eigenvalue weighted by molar-refractivity contribution is 5.81. The lowest BCUT2D eigenvalue weighted by molar-refractivity contribution is 0.733. The molecule has 1 aromatic heterocycles. The van der Waals surface area contributed by atoms with Crippen LogP contribution in [0.3, 0.4) is 0 Å². The quantitative estimate of drug-likeness (QED) is 0.605. The van der Waals surface area contributed by atoms with Crippen LogP contribution in [0.25, 0.3) is 16.6 Å². The Bertz CT molecular complexity index is 676. The molecule has 1 unspecified atom stereocenters. The molecule has 0 saturated carbocycles. The fourth-order valence-corrected chi connectivity index (χ4v) is 2.51. The molecular weight excluding hydrogens is 230 g/mol. The molecular formula is C18H19N. The summed E-state index contributed by atoms with van der Waals surface area (Å²) in [5.74, 6) is 0.635. The Labute approximate surface area is 114 Å². The van der Waals surface area contributed by atoms with E-state index in [-0.39, 0.29) is 0 Å². The number of fused-ring (bicyclic) bond motifs is 1. The highest BCUT2D eigenvalue weighted by atomic mass is 15.0. The fraction of sp³-hybridized carbons (Fsp3) is 0.222. The van der Waals surface area contributed by atoms with Gasteiger partial charge in [-0.2, -0.15) is 0 Å². The summed E-state index contributed by atoms with van der Waals surface area (Å²) in [6.45, 7) is 4.51. The van der Waals surface area contributed by atoms with Gasteiger partial charge in [0.2, 0.25) is 0 Å². The van der Waals surface area contributed by atoms with Gasteiger partial charge in [-0.1, -0.05) is 44.2 Å². The van der Waals surface area contributed by atoms with Gasteiger partial charge >= 0.3 is 0 Å². The number of benzene rings is 2. The fourth-order valence-electron chi connectivity index (χ4n) is 2.51. The van der Waals surface area contributed by atoms with Crippen LogP contribution in [0.15, 0.2) is 60.8 Å². The molecule has 0 fully saturated rings. The topological polar surface area (TPSA) is 4.93 Å². The van der Waals surface area contributed by atoms with Crippen molar-refractivity contribution in [1.82, 2.24) is 4.57 Å². The van der Waals surface area contributed by atoms with E-state index in [9.17, 15) is 0 Å². The Kier molecular flexibility index (Phi) is 3.12. The third kappa shape index (κ3) is 2.17. The van der Waals surface area contributed by atoms with Crippen LogP contribution in [0, 0.1) is 0 Å². The third-order valence-corrected chi connectivity index (χ3v) is 3.95. The lowest BCUT2D eigenvalue weighted by atomic mass is 9.98. The third-order valence-electron chi connectivity index (χ3n) is 3.95. The zero-order valence-electron chi connectivity index (χ0n) is 11.5. The molecule has 1 heterocycles. The van der Waals surface area contributed by atoms with Gasteiger partial charge in [0.05, 0.1) is 5.52 Å². The minimum absolute atomic E-state index is 0.635. The first-order chi connectivity index (χ1) is 9.29. The van der Waals surface area contributed by atoms with Crippen molar-refractivity contribution in [2.75, 3.05) is 0 Å². The van der Waals surface area contributed by atoms with Crippen LogP contribution in [0.1, 0.15) is 31.7 Å². The van der Waals surface area contributed by atoms with Gasteiger partial charge in [-0.25, -0.2) is 0 Å². The predicted molar refractivity (Wildman–Crippen MR) is 82.0 cm³/mol. The van der Waals surface area contributed by atoms with Crippen LogP contribution in [0.2, 0.25) is 0 Å². The molecule has 0 spiro atoms. The summed E-state index contributed by atoms with van der Waals surface area (Å²) in [5.41, 5.74) is 3.91. The number of aromatic nitrogens is 1. The second-order valence-corrected chi connectivity index (χ2v) is 5.15. The van der Waals surface area contributed by atoms with E-state index in [0.717, 1.165) is 0 Å². The number of hydrogen-bond donors (Lipinski definition) is 0.